The zero-order valence-corrected chi connectivity index (χ0v) is 33.6. The quantitative estimate of drug-likeness (QED) is 0.0564. The molecule has 0 radical (unpaired) electrons. The number of nitrogens with one attached hydrogen (secondary N) is 5. The van der Waals surface area contributed by atoms with E-state index >= 15 is 4.39 Å². The number of primary amides is 1. The average Bonchev–Trinajstić information content (AvgIpc) is 3.73. The van der Waals surface area contributed by atoms with Gasteiger partial charge in [-0.2, -0.15) is 0 Å². The van der Waals surface area contributed by atoms with E-state index < -0.39 is 40.9 Å². The molecule has 61 heavy (non-hydrogen) atoms. The van der Waals surface area contributed by atoms with Crippen LogP contribution in [0.3, 0.4) is 0 Å². The minimum Gasteiger partial charge on any atom is -0.477 e. The standard InChI is InChI=1S/C42H49FN10O8/c1-3-50-24-33(40(56)57)38(54)32-20-34(43)37(21-36(32)50)51-16-18-52(19-17-51)42(59)61-26-29-11-13-30(14-12-29)47-39(55)35(10-7-15-45-41(44)58)53-23-31(48-49-53)22-46-27(2)60-25-28-8-5-4-6-9-28/h4-6,8-9,11-14,20-21,23-24,35,46,48-49H,2-3,7,10,15-19,22,25-26H2,1H3,(H,47,55)(H,56,57)(H3,44,45,58)/t35-/m0/s1. The zero-order chi connectivity index (χ0) is 43.5. The Morgan fingerprint density at radius 3 is 2.36 bits per heavy atom. The maximum Gasteiger partial charge on any atom is 0.410 e. The number of hydrazine groups is 2. The minimum atomic E-state index is -1.38. The van der Waals surface area contributed by atoms with Crippen molar-refractivity contribution in [3.63, 3.8) is 0 Å². The number of rotatable bonds is 18. The molecule has 0 spiro atoms. The first-order valence-electron chi connectivity index (χ1n) is 19.7. The molecule has 0 unspecified atom stereocenters. The number of carbonyl (C=O) groups is 4. The number of anilines is 2. The Morgan fingerprint density at radius 1 is 0.967 bits per heavy atom. The highest BCUT2D eigenvalue weighted by Gasteiger charge is 2.28. The van der Waals surface area contributed by atoms with E-state index in [2.05, 4.69) is 33.5 Å². The van der Waals surface area contributed by atoms with Crippen molar-refractivity contribution in [2.24, 2.45) is 5.73 Å². The molecule has 18 nitrogen and oxygen atoms in total. The largest absolute Gasteiger partial charge is 0.477 e. The maximum atomic E-state index is 15.3. The van der Waals surface area contributed by atoms with E-state index in [4.69, 9.17) is 15.2 Å². The third-order valence-electron chi connectivity index (χ3n) is 10.1. The number of urea groups is 1. The Kier molecular flexibility index (Phi) is 14.3. The number of aromatic carboxylic acids is 1. The van der Waals surface area contributed by atoms with Gasteiger partial charge in [0.2, 0.25) is 11.3 Å². The lowest BCUT2D eigenvalue weighted by atomic mass is 10.1. The van der Waals surface area contributed by atoms with Gasteiger partial charge in [-0.3, -0.25) is 14.6 Å². The van der Waals surface area contributed by atoms with Crippen molar-refractivity contribution in [2.75, 3.05) is 49.5 Å². The van der Waals surface area contributed by atoms with Crippen molar-refractivity contribution in [2.45, 2.75) is 45.6 Å². The summed E-state index contributed by atoms with van der Waals surface area (Å²) in [6.07, 6.45) is 3.31. The topological polar surface area (TPSA) is 225 Å². The Labute approximate surface area is 350 Å². The number of carboxylic acids is 1. The number of nitrogens with zero attached hydrogens (tertiary/aromatic N) is 4. The van der Waals surface area contributed by atoms with Crippen LogP contribution in [0.2, 0.25) is 0 Å². The smallest absolute Gasteiger partial charge is 0.410 e. The number of pyridine rings is 1. The molecule has 19 heteroatoms. The van der Waals surface area contributed by atoms with E-state index in [0.717, 1.165) is 17.3 Å². The fourth-order valence-electron chi connectivity index (χ4n) is 6.85. The highest BCUT2D eigenvalue weighted by atomic mass is 19.1. The van der Waals surface area contributed by atoms with Gasteiger partial charge in [-0.15, -0.1) is 5.53 Å². The van der Waals surface area contributed by atoms with E-state index in [1.54, 1.807) is 57.9 Å². The molecule has 2 aliphatic heterocycles. The molecule has 8 N–H and O–H groups in total. The van der Waals surface area contributed by atoms with Crippen LogP contribution >= 0.6 is 0 Å². The lowest BCUT2D eigenvalue weighted by Crippen LogP contribution is -2.49. The number of aromatic nitrogens is 1. The zero-order valence-electron chi connectivity index (χ0n) is 33.6. The highest BCUT2D eigenvalue weighted by Crippen LogP contribution is 2.27. The van der Waals surface area contributed by atoms with Gasteiger partial charge in [0.1, 0.15) is 30.6 Å². The number of halogens is 1. The Morgan fingerprint density at radius 2 is 1.67 bits per heavy atom. The van der Waals surface area contributed by atoms with Crippen LogP contribution in [0.5, 0.6) is 0 Å². The maximum absolute atomic E-state index is 15.3. The second-order valence-corrected chi connectivity index (χ2v) is 14.3. The second kappa shape index (κ2) is 20.1. The first-order valence-corrected chi connectivity index (χ1v) is 19.7. The molecule has 0 aliphatic carbocycles. The number of ether oxygens (including phenoxy) is 2. The molecule has 4 aromatic rings. The van der Waals surface area contributed by atoms with Crippen LogP contribution < -0.4 is 43.0 Å². The van der Waals surface area contributed by atoms with Crippen molar-refractivity contribution >= 4 is 46.3 Å². The van der Waals surface area contributed by atoms with Gasteiger partial charge < -0.3 is 56.1 Å². The van der Waals surface area contributed by atoms with Crippen molar-refractivity contribution in [1.29, 1.82) is 0 Å². The van der Waals surface area contributed by atoms with Gasteiger partial charge in [-0.05, 0) is 61.7 Å². The Hall–Kier alpha value is -7.28. The van der Waals surface area contributed by atoms with E-state index in [0.29, 0.717) is 68.3 Å². The molecule has 1 atom stereocenters. The molecule has 0 saturated carbocycles. The van der Waals surface area contributed by atoms with Gasteiger partial charge in [-0.25, -0.2) is 18.8 Å². The van der Waals surface area contributed by atoms with Crippen molar-refractivity contribution < 1.29 is 38.1 Å². The Balaban J connectivity index is 0.990. The van der Waals surface area contributed by atoms with Crippen molar-refractivity contribution in [1.82, 2.24) is 36.1 Å². The van der Waals surface area contributed by atoms with E-state index in [1.165, 1.54) is 11.1 Å². The first-order chi connectivity index (χ1) is 29.4. The van der Waals surface area contributed by atoms with Gasteiger partial charge in [-0.1, -0.05) is 42.5 Å². The molecule has 3 heterocycles. The third kappa shape index (κ3) is 11.3. The van der Waals surface area contributed by atoms with Crippen LogP contribution in [0.15, 0.2) is 102 Å². The predicted molar refractivity (Wildman–Crippen MR) is 225 cm³/mol. The summed E-state index contributed by atoms with van der Waals surface area (Å²) >= 11 is 0. The van der Waals surface area contributed by atoms with E-state index in [9.17, 15) is 29.1 Å². The molecule has 4 amide bonds. The molecule has 1 aromatic heterocycles. The van der Waals surface area contributed by atoms with Crippen LogP contribution in [-0.4, -0.2) is 88.9 Å². The summed E-state index contributed by atoms with van der Waals surface area (Å²) in [6, 6.07) is 17.8. The van der Waals surface area contributed by atoms with Crippen molar-refractivity contribution in [3.05, 3.63) is 130 Å². The number of hydrogen-bond donors (Lipinski definition) is 7. The number of carboxylic acid groups (broad SMARTS) is 1. The van der Waals surface area contributed by atoms with Gasteiger partial charge in [0.05, 0.1) is 23.4 Å². The number of benzene rings is 3. The van der Waals surface area contributed by atoms with Crippen LogP contribution in [0, 0.1) is 5.82 Å². The van der Waals surface area contributed by atoms with Crippen LogP contribution in [-0.2, 0) is 34.0 Å². The molecule has 0 bridgehead atoms. The lowest BCUT2D eigenvalue weighted by molar-refractivity contribution is -0.121. The van der Waals surface area contributed by atoms with Crippen LogP contribution in [0.1, 0.15) is 41.3 Å². The molecule has 1 saturated heterocycles. The Bertz CT molecular complexity index is 2330. The number of fused-ring (bicyclic) bond motifs is 1. The summed E-state index contributed by atoms with van der Waals surface area (Å²) in [5.41, 5.74) is 13.7. The molecule has 322 valence electrons. The lowest BCUT2D eigenvalue weighted by Gasteiger charge is -2.35. The van der Waals surface area contributed by atoms with Crippen LogP contribution in [0.4, 0.5) is 25.4 Å². The van der Waals surface area contributed by atoms with E-state index in [-0.39, 0.29) is 43.2 Å². The highest BCUT2D eigenvalue weighted by molar-refractivity contribution is 5.95. The minimum absolute atomic E-state index is 0.0160. The number of carbonyl (C=O) groups excluding carboxylic acids is 3. The monoisotopic (exact) mass is 840 g/mol. The molecule has 3 aromatic carbocycles. The molecule has 1 fully saturated rings. The predicted octanol–water partition coefficient (Wildman–Crippen LogP) is 3.52. The summed E-state index contributed by atoms with van der Waals surface area (Å²) in [5.74, 6) is -1.97. The molecule has 2 aliphatic rings. The molecular formula is C42H49FN10O8. The van der Waals surface area contributed by atoms with Gasteiger partial charge in [0.15, 0.2) is 5.88 Å². The van der Waals surface area contributed by atoms with Gasteiger partial charge in [0, 0.05) is 62.7 Å². The number of aryl methyl sites for hydroxylation is 1. The van der Waals surface area contributed by atoms with Gasteiger partial charge in [0.25, 0.3) is 0 Å². The summed E-state index contributed by atoms with van der Waals surface area (Å²) in [4.78, 5) is 65.5. The SMILES string of the molecule is C=C(NCC1=CN([C@@H](CCCNC(N)=O)C(=O)Nc2ccc(COC(=O)N3CCN(c4cc5c(cc4F)c(=O)c(C(=O)O)cn5CC)CC3)cc2)NN1)OCc1ccccc1. The number of amides is 4. The summed E-state index contributed by atoms with van der Waals surface area (Å²) in [7, 11) is 0. The average molecular weight is 841 g/mol. The summed E-state index contributed by atoms with van der Waals surface area (Å²) in [5, 5.41) is 19.6. The normalized spacial score (nSPS) is 14.1. The van der Waals surface area contributed by atoms with E-state index in [1.807, 2.05) is 30.3 Å². The number of hydrogen-bond acceptors (Lipinski definition) is 12. The summed E-state index contributed by atoms with van der Waals surface area (Å²) < 4.78 is 28.2. The second-order valence-electron chi connectivity index (χ2n) is 14.3. The molecule has 6 rings (SSSR count). The fraction of sp³-hybridized carbons (Fsp3) is 0.310. The molecular weight excluding hydrogens is 792 g/mol. The van der Waals surface area contributed by atoms with Crippen LogP contribution in [0.25, 0.3) is 10.9 Å². The number of piperazine rings is 1. The number of nitrogens with two attached hydrogens (primary N) is 1. The third-order valence-corrected chi connectivity index (χ3v) is 10.1. The first kappa shape index (κ1) is 43.3. The van der Waals surface area contributed by atoms with Gasteiger partial charge >= 0.3 is 18.1 Å². The summed E-state index contributed by atoms with van der Waals surface area (Å²) in [6.45, 7) is 8.16. The fourth-order valence-corrected chi connectivity index (χ4v) is 6.85. The van der Waals surface area contributed by atoms with Crippen molar-refractivity contribution in [3.8, 4) is 0 Å².